The van der Waals surface area contributed by atoms with Gasteiger partial charge in [0, 0.05) is 12.2 Å². The lowest BCUT2D eigenvalue weighted by Crippen LogP contribution is -2.36. The Morgan fingerprint density at radius 3 is 2.28 bits per heavy atom. The van der Waals surface area contributed by atoms with Crippen molar-refractivity contribution in [2.75, 3.05) is 0 Å². The molecular weight excluding hydrogens is 249 g/mol. The molecule has 3 N–H and O–H groups in total. The predicted molar refractivity (Wildman–Crippen MR) is 57.6 cm³/mol. The molecule has 0 fully saturated rings. The van der Waals surface area contributed by atoms with Crippen LogP contribution in [0.1, 0.15) is 31.1 Å². The number of hydrogen-bond donors (Lipinski definition) is 2. The van der Waals surface area contributed by atoms with Crippen LogP contribution in [0.2, 0.25) is 0 Å². The van der Waals surface area contributed by atoms with Gasteiger partial charge in [-0.1, -0.05) is 6.07 Å². The second-order valence-electron chi connectivity index (χ2n) is 4.48. The smallest absolute Gasteiger partial charge is 0.433 e. The van der Waals surface area contributed by atoms with Crippen molar-refractivity contribution in [2.24, 2.45) is 11.1 Å². The Bertz CT molecular complexity index is 441. The molecule has 0 amide bonds. The Kier molecular flexibility index (Phi) is 3.66. The number of alkyl halides is 3. The highest BCUT2D eigenvalue weighted by Crippen LogP contribution is 2.33. The first kappa shape index (κ1) is 14.4. The first-order valence-corrected chi connectivity index (χ1v) is 5.09. The first-order valence-electron chi connectivity index (χ1n) is 5.09. The van der Waals surface area contributed by atoms with Crippen molar-refractivity contribution in [3.63, 3.8) is 0 Å². The maximum Gasteiger partial charge on any atom is 0.433 e. The molecule has 1 atom stereocenters. The number of aromatic nitrogens is 1. The van der Waals surface area contributed by atoms with Crippen LogP contribution in [-0.2, 0) is 11.0 Å². The van der Waals surface area contributed by atoms with Crippen LogP contribution < -0.4 is 5.73 Å². The highest BCUT2D eigenvalue weighted by Gasteiger charge is 2.37. The predicted octanol–water partition coefficient (Wildman–Crippen LogP) is 2.21. The van der Waals surface area contributed by atoms with Crippen LogP contribution in [0.3, 0.4) is 0 Å². The Labute approximate surface area is 102 Å². The second-order valence-corrected chi connectivity index (χ2v) is 4.48. The highest BCUT2D eigenvalue weighted by atomic mass is 19.4. The monoisotopic (exact) mass is 262 g/mol. The lowest BCUT2D eigenvalue weighted by molar-refractivity contribution is -0.148. The first-order chi connectivity index (χ1) is 8.06. The van der Waals surface area contributed by atoms with Gasteiger partial charge in [-0.3, -0.25) is 9.78 Å². The average Bonchev–Trinajstić information content (AvgIpc) is 2.26. The van der Waals surface area contributed by atoms with Gasteiger partial charge in [-0.05, 0) is 25.5 Å². The van der Waals surface area contributed by atoms with Crippen molar-refractivity contribution in [1.29, 1.82) is 0 Å². The zero-order valence-corrected chi connectivity index (χ0v) is 9.82. The summed E-state index contributed by atoms with van der Waals surface area (Å²) in [5, 5.41) is 8.98. The largest absolute Gasteiger partial charge is 0.481 e. The van der Waals surface area contributed by atoms with E-state index in [9.17, 15) is 18.0 Å². The quantitative estimate of drug-likeness (QED) is 0.875. The summed E-state index contributed by atoms with van der Waals surface area (Å²) in [5.41, 5.74) is 3.65. The molecule has 1 heterocycles. The lowest BCUT2D eigenvalue weighted by atomic mass is 9.81. The summed E-state index contributed by atoms with van der Waals surface area (Å²) in [6.07, 6.45) is -3.57. The minimum absolute atomic E-state index is 0.246. The van der Waals surface area contributed by atoms with Gasteiger partial charge < -0.3 is 10.8 Å². The van der Waals surface area contributed by atoms with Gasteiger partial charge in [-0.2, -0.15) is 13.2 Å². The maximum absolute atomic E-state index is 12.3. The standard InChI is InChI=1S/C11H13F3N2O2/c1-10(2,9(17)18)8(15)6-3-4-7(16-5-6)11(12,13)14/h3-5,8H,15H2,1-2H3,(H,17,18). The molecule has 0 bridgehead atoms. The van der Waals surface area contributed by atoms with Gasteiger partial charge in [-0.15, -0.1) is 0 Å². The zero-order valence-electron chi connectivity index (χ0n) is 9.82. The molecule has 0 saturated heterocycles. The van der Waals surface area contributed by atoms with Crippen molar-refractivity contribution in [3.05, 3.63) is 29.6 Å². The van der Waals surface area contributed by atoms with Crippen molar-refractivity contribution in [3.8, 4) is 0 Å². The number of rotatable bonds is 3. The third-order valence-electron chi connectivity index (χ3n) is 2.76. The van der Waals surface area contributed by atoms with Crippen LogP contribution in [0, 0.1) is 5.41 Å². The fourth-order valence-electron chi connectivity index (χ4n) is 1.31. The highest BCUT2D eigenvalue weighted by molar-refractivity contribution is 5.74. The van der Waals surface area contributed by atoms with Crippen molar-refractivity contribution < 1.29 is 23.1 Å². The van der Waals surface area contributed by atoms with Crippen LogP contribution in [0.25, 0.3) is 0 Å². The number of pyridine rings is 1. The minimum atomic E-state index is -4.52. The van der Waals surface area contributed by atoms with Gasteiger partial charge in [0.1, 0.15) is 5.69 Å². The van der Waals surface area contributed by atoms with E-state index < -0.39 is 29.3 Å². The summed E-state index contributed by atoms with van der Waals surface area (Å²) in [6.45, 7) is 2.80. The van der Waals surface area contributed by atoms with Crippen molar-refractivity contribution in [2.45, 2.75) is 26.1 Å². The van der Waals surface area contributed by atoms with E-state index in [1.807, 2.05) is 0 Å². The lowest BCUT2D eigenvalue weighted by Gasteiger charge is -2.27. The molecule has 0 saturated carbocycles. The van der Waals surface area contributed by atoms with E-state index in [1.54, 1.807) is 0 Å². The third-order valence-corrected chi connectivity index (χ3v) is 2.76. The van der Waals surface area contributed by atoms with E-state index in [-0.39, 0.29) is 5.56 Å². The fraction of sp³-hybridized carbons (Fsp3) is 0.455. The van der Waals surface area contributed by atoms with Gasteiger partial charge >= 0.3 is 12.1 Å². The average molecular weight is 262 g/mol. The molecule has 1 aromatic rings. The molecule has 4 nitrogen and oxygen atoms in total. The van der Waals surface area contributed by atoms with Crippen LogP contribution >= 0.6 is 0 Å². The molecule has 0 aliphatic heterocycles. The summed E-state index contributed by atoms with van der Waals surface area (Å²) in [4.78, 5) is 14.2. The number of nitrogens with zero attached hydrogens (tertiary/aromatic N) is 1. The number of aliphatic carboxylic acids is 1. The van der Waals surface area contributed by atoms with Gasteiger partial charge in [0.2, 0.25) is 0 Å². The molecule has 7 heteroatoms. The van der Waals surface area contributed by atoms with E-state index in [0.717, 1.165) is 18.3 Å². The van der Waals surface area contributed by atoms with E-state index in [0.29, 0.717) is 0 Å². The summed E-state index contributed by atoms with van der Waals surface area (Å²) in [6, 6.07) is 0.989. The molecule has 100 valence electrons. The Morgan fingerprint density at radius 2 is 1.94 bits per heavy atom. The van der Waals surface area contributed by atoms with E-state index in [1.165, 1.54) is 13.8 Å². The second kappa shape index (κ2) is 4.56. The molecule has 1 aromatic heterocycles. The van der Waals surface area contributed by atoms with Crippen molar-refractivity contribution >= 4 is 5.97 Å². The Hall–Kier alpha value is -1.63. The van der Waals surface area contributed by atoms with Crippen LogP contribution in [0.4, 0.5) is 13.2 Å². The van der Waals surface area contributed by atoms with Crippen molar-refractivity contribution in [1.82, 2.24) is 4.98 Å². The van der Waals surface area contributed by atoms with E-state index in [2.05, 4.69) is 4.98 Å². The number of carboxylic acid groups (broad SMARTS) is 1. The summed E-state index contributed by atoms with van der Waals surface area (Å²) < 4.78 is 36.9. The molecule has 0 aliphatic rings. The summed E-state index contributed by atoms with van der Waals surface area (Å²) >= 11 is 0. The van der Waals surface area contributed by atoms with E-state index in [4.69, 9.17) is 10.8 Å². The SMILES string of the molecule is CC(C)(C(=O)O)C(N)c1ccc(C(F)(F)F)nc1. The van der Waals surface area contributed by atoms with E-state index >= 15 is 0 Å². The maximum atomic E-state index is 12.3. The molecule has 0 spiro atoms. The molecule has 0 aliphatic carbocycles. The Balaban J connectivity index is 3.03. The number of carboxylic acids is 1. The number of halogens is 3. The van der Waals surface area contributed by atoms with Gasteiger partial charge in [0.25, 0.3) is 0 Å². The minimum Gasteiger partial charge on any atom is -0.481 e. The number of carbonyl (C=O) groups is 1. The summed E-state index contributed by atoms with van der Waals surface area (Å²) in [7, 11) is 0. The number of hydrogen-bond acceptors (Lipinski definition) is 3. The molecular formula is C11H13F3N2O2. The molecule has 1 unspecified atom stereocenters. The number of nitrogens with two attached hydrogens (primary N) is 1. The topological polar surface area (TPSA) is 76.2 Å². The molecule has 1 rings (SSSR count). The Morgan fingerprint density at radius 1 is 1.39 bits per heavy atom. The third kappa shape index (κ3) is 2.79. The van der Waals surface area contributed by atoms with Gasteiger partial charge in [0.05, 0.1) is 5.41 Å². The van der Waals surface area contributed by atoms with Crippen LogP contribution in [0.15, 0.2) is 18.3 Å². The zero-order chi connectivity index (χ0) is 14.1. The van der Waals surface area contributed by atoms with Crippen LogP contribution in [-0.4, -0.2) is 16.1 Å². The fourth-order valence-corrected chi connectivity index (χ4v) is 1.31. The van der Waals surface area contributed by atoms with Gasteiger partial charge in [0.15, 0.2) is 0 Å². The van der Waals surface area contributed by atoms with Crippen LogP contribution in [0.5, 0.6) is 0 Å². The summed E-state index contributed by atoms with van der Waals surface area (Å²) in [5.74, 6) is -1.13. The molecule has 18 heavy (non-hydrogen) atoms. The van der Waals surface area contributed by atoms with Gasteiger partial charge in [-0.25, -0.2) is 0 Å². The molecule has 0 aromatic carbocycles. The molecule has 0 radical (unpaired) electrons. The normalized spacial score (nSPS) is 14.3.